The van der Waals surface area contributed by atoms with Crippen LogP contribution in [0.5, 0.6) is 0 Å². The smallest absolute Gasteiger partial charge is 0.0541 e. The summed E-state index contributed by atoms with van der Waals surface area (Å²) < 4.78 is 5.10. The van der Waals surface area contributed by atoms with E-state index in [1.807, 2.05) is 11.3 Å². The lowest BCUT2D eigenvalue weighted by molar-refractivity contribution is 0.795. The molecule has 10 aromatic rings. The van der Waals surface area contributed by atoms with Crippen LogP contribution >= 0.6 is 11.3 Å². The third-order valence-electron chi connectivity index (χ3n) is 11.2. The summed E-state index contributed by atoms with van der Waals surface area (Å²) in [6.07, 6.45) is 0.970. The quantitative estimate of drug-likeness (QED) is 0.174. The lowest BCUT2D eigenvalue weighted by Gasteiger charge is -2.29. The van der Waals surface area contributed by atoms with E-state index >= 15 is 0 Å². The van der Waals surface area contributed by atoms with E-state index in [0.29, 0.717) is 0 Å². The maximum Gasteiger partial charge on any atom is 0.0541 e. The molecule has 11 rings (SSSR count). The Kier molecular flexibility index (Phi) is 6.62. The standard InChI is InChI=1S/C50H33NS/c1-3-13-32(14-4-1)44-30-36(31-46-41-20-10-12-22-49(41)52-50(44)46)43-29-35-24-23-33(27-42(35)38-17-7-8-18-39(38)43)34-25-26-48-45(28-34)40-19-9-11-21-47(40)51(48)37-15-5-2-6-16-37/h1-28,30-31,43H,29H2. The molecule has 0 spiro atoms. The van der Waals surface area contributed by atoms with Gasteiger partial charge in [0, 0.05) is 42.6 Å². The highest BCUT2D eigenvalue weighted by atomic mass is 32.1. The maximum absolute atomic E-state index is 2.49. The van der Waals surface area contributed by atoms with Gasteiger partial charge in [-0.3, -0.25) is 0 Å². The van der Waals surface area contributed by atoms with Crippen LogP contribution in [0.1, 0.15) is 22.6 Å². The highest BCUT2D eigenvalue weighted by Gasteiger charge is 2.28. The van der Waals surface area contributed by atoms with E-state index in [-0.39, 0.29) is 5.92 Å². The second kappa shape index (κ2) is 11.7. The average Bonchev–Trinajstić information content (AvgIpc) is 3.76. The van der Waals surface area contributed by atoms with Crippen molar-refractivity contribution in [3.63, 3.8) is 0 Å². The van der Waals surface area contributed by atoms with Crippen LogP contribution in [0.25, 0.3) is 81.0 Å². The van der Waals surface area contributed by atoms with E-state index in [2.05, 4.69) is 187 Å². The lowest BCUT2D eigenvalue weighted by Crippen LogP contribution is -2.13. The number of aromatic nitrogens is 1. The van der Waals surface area contributed by atoms with Crippen molar-refractivity contribution in [2.45, 2.75) is 12.3 Å². The molecule has 0 bridgehead atoms. The molecule has 2 heterocycles. The zero-order chi connectivity index (χ0) is 34.2. The molecule has 1 atom stereocenters. The van der Waals surface area contributed by atoms with Crippen LogP contribution < -0.4 is 0 Å². The van der Waals surface area contributed by atoms with E-state index in [0.717, 1.165) is 6.42 Å². The van der Waals surface area contributed by atoms with Crippen LogP contribution in [0.3, 0.4) is 0 Å². The largest absolute Gasteiger partial charge is 0.309 e. The molecule has 52 heavy (non-hydrogen) atoms. The topological polar surface area (TPSA) is 4.93 Å². The molecule has 0 amide bonds. The molecule has 0 N–H and O–H groups in total. The SMILES string of the molecule is c1ccc(-c2cc(C3Cc4ccc(-c5ccc6c(c5)c5ccccc5n6-c5ccccc5)cc4-c4ccccc43)cc3c2sc2ccccc23)cc1. The van der Waals surface area contributed by atoms with Crippen LogP contribution in [-0.4, -0.2) is 4.57 Å². The fraction of sp³-hybridized carbons (Fsp3) is 0.0400. The fourth-order valence-electron chi connectivity index (χ4n) is 8.75. The number of hydrogen-bond acceptors (Lipinski definition) is 1. The van der Waals surface area contributed by atoms with Crippen LogP contribution in [0.15, 0.2) is 182 Å². The zero-order valence-corrected chi connectivity index (χ0v) is 29.3. The Bertz CT molecular complexity index is 2980. The van der Waals surface area contributed by atoms with E-state index in [1.165, 1.54) is 97.7 Å². The third-order valence-corrected chi connectivity index (χ3v) is 12.4. The van der Waals surface area contributed by atoms with Crippen molar-refractivity contribution in [2.75, 3.05) is 0 Å². The van der Waals surface area contributed by atoms with E-state index in [9.17, 15) is 0 Å². The Labute approximate surface area is 306 Å². The molecule has 0 saturated heterocycles. The summed E-state index contributed by atoms with van der Waals surface area (Å²) in [5.74, 6) is 0.264. The van der Waals surface area contributed by atoms with Crippen molar-refractivity contribution in [1.29, 1.82) is 0 Å². The third kappa shape index (κ3) is 4.54. The van der Waals surface area contributed by atoms with Gasteiger partial charge < -0.3 is 4.57 Å². The van der Waals surface area contributed by atoms with Gasteiger partial charge in [0.15, 0.2) is 0 Å². The Hall–Kier alpha value is -6.22. The molecule has 2 heteroatoms. The minimum Gasteiger partial charge on any atom is -0.309 e. The molecular formula is C50H33NS. The Morgan fingerprint density at radius 2 is 1.13 bits per heavy atom. The number of hydrogen-bond donors (Lipinski definition) is 0. The molecule has 1 aliphatic rings. The molecule has 0 fully saturated rings. The normalized spacial score (nSPS) is 13.9. The predicted octanol–water partition coefficient (Wildman–Crippen LogP) is 13.8. The zero-order valence-electron chi connectivity index (χ0n) is 28.5. The van der Waals surface area contributed by atoms with Crippen molar-refractivity contribution < 1.29 is 0 Å². The van der Waals surface area contributed by atoms with E-state index in [1.54, 1.807) is 0 Å². The Morgan fingerprint density at radius 3 is 2.02 bits per heavy atom. The van der Waals surface area contributed by atoms with Gasteiger partial charge in [-0.05, 0) is 111 Å². The van der Waals surface area contributed by atoms with Gasteiger partial charge in [0.05, 0.1) is 11.0 Å². The monoisotopic (exact) mass is 679 g/mol. The fourth-order valence-corrected chi connectivity index (χ4v) is 9.97. The van der Waals surface area contributed by atoms with Crippen molar-refractivity contribution >= 4 is 53.3 Å². The number of rotatable bonds is 4. The minimum atomic E-state index is 0.264. The molecule has 244 valence electrons. The van der Waals surface area contributed by atoms with Gasteiger partial charge in [-0.2, -0.15) is 0 Å². The molecule has 0 radical (unpaired) electrons. The van der Waals surface area contributed by atoms with Gasteiger partial charge in [-0.15, -0.1) is 11.3 Å². The second-order valence-electron chi connectivity index (χ2n) is 14.0. The molecule has 8 aromatic carbocycles. The van der Waals surface area contributed by atoms with Gasteiger partial charge in [0.25, 0.3) is 0 Å². The number of thiophene rings is 1. The van der Waals surface area contributed by atoms with Crippen LogP contribution in [0.4, 0.5) is 0 Å². The summed E-state index contributed by atoms with van der Waals surface area (Å²) in [5, 5.41) is 5.26. The van der Waals surface area contributed by atoms with Gasteiger partial charge in [-0.25, -0.2) is 0 Å². The minimum absolute atomic E-state index is 0.264. The second-order valence-corrected chi connectivity index (χ2v) is 15.1. The first-order valence-electron chi connectivity index (χ1n) is 18.1. The van der Waals surface area contributed by atoms with Crippen LogP contribution in [0, 0.1) is 0 Å². The predicted molar refractivity (Wildman–Crippen MR) is 222 cm³/mol. The van der Waals surface area contributed by atoms with E-state index in [4.69, 9.17) is 0 Å². The highest BCUT2D eigenvalue weighted by Crippen LogP contribution is 2.48. The summed E-state index contributed by atoms with van der Waals surface area (Å²) in [6, 6.07) is 67.5. The van der Waals surface area contributed by atoms with Gasteiger partial charge in [0.1, 0.15) is 0 Å². The number of para-hydroxylation sites is 2. The first-order chi connectivity index (χ1) is 25.8. The van der Waals surface area contributed by atoms with Crippen LogP contribution in [0.2, 0.25) is 0 Å². The number of benzene rings is 8. The highest BCUT2D eigenvalue weighted by molar-refractivity contribution is 7.26. The maximum atomic E-state index is 2.49. The Balaban J connectivity index is 1.05. The van der Waals surface area contributed by atoms with Gasteiger partial charge in [0.2, 0.25) is 0 Å². The number of fused-ring (bicyclic) bond motifs is 9. The summed E-state index contributed by atoms with van der Waals surface area (Å²) in [4.78, 5) is 0. The van der Waals surface area contributed by atoms with Gasteiger partial charge in [-0.1, -0.05) is 127 Å². The van der Waals surface area contributed by atoms with Crippen molar-refractivity contribution in [3.05, 3.63) is 199 Å². The van der Waals surface area contributed by atoms with Crippen molar-refractivity contribution in [3.8, 4) is 39.1 Å². The number of nitrogens with zero attached hydrogens (tertiary/aromatic N) is 1. The summed E-state index contributed by atoms with van der Waals surface area (Å²) >= 11 is 1.91. The first kappa shape index (κ1) is 29.5. The molecule has 1 aliphatic carbocycles. The molecule has 0 aliphatic heterocycles. The van der Waals surface area contributed by atoms with E-state index < -0.39 is 0 Å². The molecule has 1 nitrogen and oxygen atoms in total. The molecule has 2 aromatic heterocycles. The van der Waals surface area contributed by atoms with Crippen LogP contribution in [-0.2, 0) is 6.42 Å². The lowest BCUT2D eigenvalue weighted by atomic mass is 9.74. The molecular weight excluding hydrogens is 647 g/mol. The Morgan fingerprint density at radius 1 is 0.442 bits per heavy atom. The summed E-state index contributed by atoms with van der Waals surface area (Å²) in [6.45, 7) is 0. The molecule has 1 unspecified atom stereocenters. The summed E-state index contributed by atoms with van der Waals surface area (Å²) in [5.41, 5.74) is 15.6. The summed E-state index contributed by atoms with van der Waals surface area (Å²) in [7, 11) is 0. The molecule has 0 saturated carbocycles. The van der Waals surface area contributed by atoms with Crippen molar-refractivity contribution in [1.82, 2.24) is 4.57 Å². The first-order valence-corrected chi connectivity index (χ1v) is 18.9. The van der Waals surface area contributed by atoms with Crippen molar-refractivity contribution in [2.24, 2.45) is 0 Å². The average molecular weight is 680 g/mol. The van der Waals surface area contributed by atoms with Gasteiger partial charge >= 0.3 is 0 Å².